The van der Waals surface area contributed by atoms with Crippen molar-refractivity contribution in [3.8, 4) is 0 Å². The zero-order chi connectivity index (χ0) is 15.3. The second kappa shape index (κ2) is 7.19. The van der Waals surface area contributed by atoms with Gasteiger partial charge in [0.15, 0.2) is 0 Å². The van der Waals surface area contributed by atoms with Crippen LogP contribution in [0.25, 0.3) is 0 Å². The van der Waals surface area contributed by atoms with Crippen molar-refractivity contribution in [2.75, 3.05) is 6.54 Å². The summed E-state index contributed by atoms with van der Waals surface area (Å²) >= 11 is 0. The molecule has 2 atom stereocenters. The summed E-state index contributed by atoms with van der Waals surface area (Å²) in [7, 11) is 0. The Balaban J connectivity index is 2.55. The summed E-state index contributed by atoms with van der Waals surface area (Å²) < 4.78 is 26.8. The molecule has 20 heavy (non-hydrogen) atoms. The summed E-state index contributed by atoms with van der Waals surface area (Å²) in [6.07, 6.45) is -1.43. The number of hydrogen-bond donors (Lipinski definition) is 3. The third kappa shape index (κ3) is 4.45. The number of amides is 2. The molecule has 0 aliphatic carbocycles. The van der Waals surface area contributed by atoms with Crippen molar-refractivity contribution in [2.45, 2.75) is 32.9 Å². The van der Waals surface area contributed by atoms with E-state index >= 15 is 0 Å². The van der Waals surface area contributed by atoms with Gasteiger partial charge in [0.2, 0.25) is 0 Å². The third-order valence-electron chi connectivity index (χ3n) is 3.15. The molecule has 0 radical (unpaired) electrons. The van der Waals surface area contributed by atoms with E-state index in [1.54, 1.807) is 0 Å². The standard InChI is InChI=1S/C14H20F2N2O2/c1-8(2)9(3)18-14(20)17-7-12(19)13-10(15)5-4-6-11(13)16/h4-6,8-9,12,19H,7H2,1-3H3,(H2,17,18,20). The fourth-order valence-electron chi connectivity index (χ4n) is 1.54. The minimum atomic E-state index is -1.43. The molecule has 112 valence electrons. The van der Waals surface area contributed by atoms with E-state index in [1.807, 2.05) is 20.8 Å². The first-order chi connectivity index (χ1) is 9.32. The van der Waals surface area contributed by atoms with Crippen LogP contribution in [-0.4, -0.2) is 23.7 Å². The largest absolute Gasteiger partial charge is 0.386 e. The van der Waals surface area contributed by atoms with E-state index in [-0.39, 0.29) is 18.5 Å². The highest BCUT2D eigenvalue weighted by Gasteiger charge is 2.19. The molecule has 0 spiro atoms. The van der Waals surface area contributed by atoms with Crippen molar-refractivity contribution in [2.24, 2.45) is 5.92 Å². The molecule has 1 aromatic carbocycles. The Bertz CT molecular complexity index is 446. The van der Waals surface area contributed by atoms with E-state index in [4.69, 9.17) is 0 Å². The Morgan fingerprint density at radius 3 is 2.30 bits per heavy atom. The van der Waals surface area contributed by atoms with Crippen LogP contribution >= 0.6 is 0 Å². The van der Waals surface area contributed by atoms with Gasteiger partial charge in [-0.25, -0.2) is 13.6 Å². The van der Waals surface area contributed by atoms with Gasteiger partial charge in [0, 0.05) is 12.6 Å². The first kappa shape index (κ1) is 16.4. The highest BCUT2D eigenvalue weighted by molar-refractivity contribution is 5.74. The topological polar surface area (TPSA) is 61.4 Å². The Labute approximate surface area is 117 Å². The Morgan fingerprint density at radius 1 is 1.25 bits per heavy atom. The van der Waals surface area contributed by atoms with E-state index in [0.29, 0.717) is 0 Å². The van der Waals surface area contributed by atoms with Crippen LogP contribution in [0, 0.1) is 17.6 Å². The lowest BCUT2D eigenvalue weighted by Gasteiger charge is -2.19. The van der Waals surface area contributed by atoms with Gasteiger partial charge in [0.05, 0.1) is 5.56 Å². The number of carbonyl (C=O) groups excluding carboxylic acids is 1. The summed E-state index contributed by atoms with van der Waals surface area (Å²) in [6.45, 7) is 5.48. The monoisotopic (exact) mass is 286 g/mol. The molecule has 0 bridgehead atoms. The lowest BCUT2D eigenvalue weighted by molar-refractivity contribution is 0.163. The molecular weight excluding hydrogens is 266 g/mol. The van der Waals surface area contributed by atoms with Crippen LogP contribution in [0.4, 0.5) is 13.6 Å². The van der Waals surface area contributed by atoms with Crippen molar-refractivity contribution in [1.29, 1.82) is 0 Å². The smallest absolute Gasteiger partial charge is 0.315 e. The van der Waals surface area contributed by atoms with Crippen LogP contribution in [0.1, 0.15) is 32.4 Å². The molecule has 0 saturated heterocycles. The molecule has 6 heteroatoms. The summed E-state index contributed by atoms with van der Waals surface area (Å²) in [5.41, 5.74) is -0.440. The minimum Gasteiger partial charge on any atom is -0.386 e. The number of rotatable bonds is 5. The van der Waals surface area contributed by atoms with Crippen LogP contribution in [-0.2, 0) is 0 Å². The maximum atomic E-state index is 13.4. The first-order valence-corrected chi connectivity index (χ1v) is 6.49. The lowest BCUT2D eigenvalue weighted by atomic mass is 10.1. The molecule has 2 amide bonds. The highest BCUT2D eigenvalue weighted by atomic mass is 19.1. The molecule has 0 saturated carbocycles. The molecule has 4 nitrogen and oxygen atoms in total. The first-order valence-electron chi connectivity index (χ1n) is 6.49. The molecule has 3 N–H and O–H groups in total. The van der Waals surface area contributed by atoms with Gasteiger partial charge < -0.3 is 15.7 Å². The normalized spacial score (nSPS) is 13.9. The fraction of sp³-hybridized carbons (Fsp3) is 0.500. The molecule has 0 aromatic heterocycles. The molecule has 1 rings (SSSR count). The van der Waals surface area contributed by atoms with Crippen molar-refractivity contribution >= 4 is 6.03 Å². The number of aliphatic hydroxyl groups excluding tert-OH is 1. The van der Waals surface area contributed by atoms with Crippen LogP contribution < -0.4 is 10.6 Å². The number of hydrogen-bond acceptors (Lipinski definition) is 2. The summed E-state index contributed by atoms with van der Waals surface area (Å²) in [5, 5.41) is 14.8. The van der Waals surface area contributed by atoms with Crippen molar-refractivity contribution < 1.29 is 18.7 Å². The molecule has 0 aliphatic heterocycles. The predicted octanol–water partition coefficient (Wildman–Crippen LogP) is 2.34. The number of halogens is 2. The van der Waals surface area contributed by atoms with Gasteiger partial charge in [0.1, 0.15) is 17.7 Å². The third-order valence-corrected chi connectivity index (χ3v) is 3.15. The Morgan fingerprint density at radius 2 is 1.80 bits per heavy atom. The van der Waals surface area contributed by atoms with Gasteiger partial charge >= 0.3 is 6.03 Å². The van der Waals surface area contributed by atoms with Gasteiger partial charge in [-0.1, -0.05) is 19.9 Å². The lowest BCUT2D eigenvalue weighted by Crippen LogP contribution is -2.44. The number of benzene rings is 1. The Kier molecular flexibility index (Phi) is 5.88. The predicted molar refractivity (Wildman–Crippen MR) is 72.2 cm³/mol. The molecule has 1 aromatic rings. The Hall–Kier alpha value is -1.69. The van der Waals surface area contributed by atoms with E-state index in [0.717, 1.165) is 12.1 Å². The molecule has 0 aliphatic rings. The number of carbonyl (C=O) groups is 1. The van der Waals surface area contributed by atoms with Crippen LogP contribution in [0.2, 0.25) is 0 Å². The van der Waals surface area contributed by atoms with E-state index < -0.39 is 29.3 Å². The van der Waals surface area contributed by atoms with Gasteiger partial charge in [-0.3, -0.25) is 0 Å². The minimum absolute atomic E-state index is 0.0441. The van der Waals surface area contributed by atoms with E-state index in [2.05, 4.69) is 10.6 Å². The van der Waals surface area contributed by atoms with E-state index in [9.17, 15) is 18.7 Å². The van der Waals surface area contributed by atoms with Crippen LogP contribution in [0.15, 0.2) is 18.2 Å². The molecule has 2 unspecified atom stereocenters. The maximum Gasteiger partial charge on any atom is 0.315 e. The summed E-state index contributed by atoms with van der Waals surface area (Å²) in [5.74, 6) is -1.42. The zero-order valence-corrected chi connectivity index (χ0v) is 11.8. The maximum absolute atomic E-state index is 13.4. The van der Waals surface area contributed by atoms with Gasteiger partial charge in [-0.05, 0) is 25.0 Å². The number of aliphatic hydroxyl groups is 1. The average Bonchev–Trinajstić information content (AvgIpc) is 2.36. The van der Waals surface area contributed by atoms with Crippen LogP contribution in [0.5, 0.6) is 0 Å². The highest BCUT2D eigenvalue weighted by Crippen LogP contribution is 2.19. The van der Waals surface area contributed by atoms with E-state index in [1.165, 1.54) is 6.07 Å². The zero-order valence-electron chi connectivity index (χ0n) is 11.8. The average molecular weight is 286 g/mol. The van der Waals surface area contributed by atoms with Gasteiger partial charge in [-0.2, -0.15) is 0 Å². The molecule has 0 fully saturated rings. The number of urea groups is 1. The van der Waals surface area contributed by atoms with Gasteiger partial charge in [-0.15, -0.1) is 0 Å². The molecular formula is C14H20F2N2O2. The fourth-order valence-corrected chi connectivity index (χ4v) is 1.54. The SMILES string of the molecule is CC(C)C(C)NC(=O)NCC(O)c1c(F)cccc1F. The van der Waals surface area contributed by atoms with Gasteiger partial charge in [0.25, 0.3) is 0 Å². The quantitative estimate of drug-likeness (QED) is 0.778. The molecule has 0 heterocycles. The van der Waals surface area contributed by atoms with Crippen molar-refractivity contribution in [3.05, 3.63) is 35.4 Å². The summed E-state index contributed by atoms with van der Waals surface area (Å²) in [4.78, 5) is 11.5. The second-order valence-corrected chi connectivity index (χ2v) is 5.04. The van der Waals surface area contributed by atoms with Crippen molar-refractivity contribution in [1.82, 2.24) is 10.6 Å². The van der Waals surface area contributed by atoms with Crippen molar-refractivity contribution in [3.63, 3.8) is 0 Å². The number of nitrogens with one attached hydrogen (secondary N) is 2. The second-order valence-electron chi connectivity index (χ2n) is 5.04. The summed E-state index contributed by atoms with van der Waals surface area (Å²) in [6, 6.07) is 2.80. The van der Waals surface area contributed by atoms with Crippen LogP contribution in [0.3, 0.4) is 0 Å².